The molecule has 0 amide bonds. The first kappa shape index (κ1) is 16.3. The third-order valence-electron chi connectivity index (χ3n) is 3.80. The molecule has 5 nitrogen and oxygen atoms in total. The Morgan fingerprint density at radius 2 is 1.67 bits per heavy atom. The van der Waals surface area contributed by atoms with E-state index in [1.807, 2.05) is 6.92 Å². The first-order valence-electron chi connectivity index (χ1n) is 7.74. The second kappa shape index (κ2) is 6.49. The smallest absolute Gasteiger partial charge is 0.263 e. The summed E-state index contributed by atoms with van der Waals surface area (Å²) in [5, 5.41) is 0.559. The first-order chi connectivity index (χ1) is 11.5. The van der Waals surface area contributed by atoms with E-state index in [0.717, 1.165) is 6.42 Å². The van der Waals surface area contributed by atoms with Crippen LogP contribution in [0.4, 0.5) is 5.82 Å². The van der Waals surface area contributed by atoms with Crippen LogP contribution in [-0.4, -0.2) is 13.4 Å². The highest BCUT2D eigenvalue weighted by Crippen LogP contribution is 2.20. The third-order valence-corrected chi connectivity index (χ3v) is 5.16. The molecule has 124 valence electrons. The van der Waals surface area contributed by atoms with Crippen LogP contribution in [0.25, 0.3) is 10.9 Å². The van der Waals surface area contributed by atoms with Crippen LogP contribution in [0.2, 0.25) is 0 Å². The lowest BCUT2D eigenvalue weighted by Gasteiger charge is -2.13. The average Bonchev–Trinajstić information content (AvgIpc) is 2.59. The number of anilines is 1. The second-order valence-corrected chi connectivity index (χ2v) is 7.20. The highest BCUT2D eigenvalue weighted by atomic mass is 32.2. The number of aromatic amines is 1. The lowest BCUT2D eigenvalue weighted by atomic mass is 10.1. The molecule has 0 saturated heterocycles. The first-order valence-corrected chi connectivity index (χ1v) is 9.23. The lowest BCUT2D eigenvalue weighted by molar-refractivity contribution is 0.601. The van der Waals surface area contributed by atoms with Crippen LogP contribution in [0.15, 0.2) is 64.3 Å². The molecule has 1 aromatic heterocycles. The van der Waals surface area contributed by atoms with Gasteiger partial charge in [0.25, 0.3) is 10.0 Å². The minimum absolute atomic E-state index is 0.142. The van der Waals surface area contributed by atoms with Crippen LogP contribution in [0.5, 0.6) is 0 Å². The Bertz CT molecular complexity index is 1030. The van der Waals surface area contributed by atoms with Gasteiger partial charge in [-0.05, 0) is 30.7 Å². The van der Waals surface area contributed by atoms with E-state index in [0.29, 0.717) is 22.9 Å². The third kappa shape index (κ3) is 3.05. The van der Waals surface area contributed by atoms with Crippen molar-refractivity contribution in [3.8, 4) is 0 Å². The van der Waals surface area contributed by atoms with Gasteiger partial charge >= 0.3 is 0 Å². The highest BCUT2D eigenvalue weighted by molar-refractivity contribution is 7.92. The van der Waals surface area contributed by atoms with Gasteiger partial charge < -0.3 is 4.98 Å². The summed E-state index contributed by atoms with van der Waals surface area (Å²) in [5.41, 5.74) is 0.917. The van der Waals surface area contributed by atoms with Gasteiger partial charge in [0.1, 0.15) is 5.82 Å². The van der Waals surface area contributed by atoms with Crippen LogP contribution in [-0.2, 0) is 16.4 Å². The molecule has 0 aliphatic rings. The van der Waals surface area contributed by atoms with Crippen molar-refractivity contribution in [3.05, 3.63) is 70.4 Å². The number of H-pyrrole nitrogens is 1. The van der Waals surface area contributed by atoms with E-state index < -0.39 is 10.0 Å². The van der Waals surface area contributed by atoms with Crippen molar-refractivity contribution in [1.82, 2.24) is 4.98 Å². The summed E-state index contributed by atoms with van der Waals surface area (Å²) in [6, 6.07) is 15.2. The van der Waals surface area contributed by atoms with E-state index in [2.05, 4.69) is 9.71 Å². The van der Waals surface area contributed by atoms with Crippen LogP contribution < -0.4 is 10.2 Å². The summed E-state index contributed by atoms with van der Waals surface area (Å²) in [6.07, 6.45) is 1.23. The van der Waals surface area contributed by atoms with E-state index in [-0.39, 0.29) is 16.1 Å². The minimum atomic E-state index is -3.76. The van der Waals surface area contributed by atoms with Gasteiger partial charge in [0.05, 0.1) is 10.4 Å². The Morgan fingerprint density at radius 1 is 1.00 bits per heavy atom. The number of hydrogen-bond donors (Lipinski definition) is 2. The number of nitrogens with one attached hydrogen (secondary N) is 2. The van der Waals surface area contributed by atoms with E-state index in [4.69, 9.17) is 0 Å². The molecule has 0 saturated carbocycles. The van der Waals surface area contributed by atoms with Crippen molar-refractivity contribution in [2.75, 3.05) is 4.72 Å². The summed E-state index contributed by atoms with van der Waals surface area (Å²) >= 11 is 0. The molecule has 24 heavy (non-hydrogen) atoms. The van der Waals surface area contributed by atoms with E-state index in [9.17, 15) is 13.2 Å². The normalized spacial score (nSPS) is 11.5. The molecule has 0 aliphatic carbocycles. The molecule has 6 heteroatoms. The minimum Gasteiger partial charge on any atom is -0.340 e. The van der Waals surface area contributed by atoms with Crippen molar-refractivity contribution in [3.63, 3.8) is 0 Å². The SMILES string of the molecule is CCCc1c(NS(=O)(=O)c2ccccc2)[nH]c2ccccc2c1=O. The van der Waals surface area contributed by atoms with Gasteiger partial charge in [-0.15, -0.1) is 0 Å². The zero-order valence-electron chi connectivity index (χ0n) is 13.2. The molecule has 0 bridgehead atoms. The van der Waals surface area contributed by atoms with Gasteiger partial charge in [0, 0.05) is 10.9 Å². The van der Waals surface area contributed by atoms with Gasteiger partial charge in [-0.25, -0.2) is 8.42 Å². The van der Waals surface area contributed by atoms with E-state index in [1.165, 1.54) is 12.1 Å². The number of hydrogen-bond acceptors (Lipinski definition) is 3. The molecule has 0 atom stereocenters. The van der Waals surface area contributed by atoms with Crippen molar-refractivity contribution < 1.29 is 8.42 Å². The number of rotatable bonds is 5. The summed E-state index contributed by atoms with van der Waals surface area (Å²) in [7, 11) is -3.76. The second-order valence-electron chi connectivity index (χ2n) is 5.52. The summed E-state index contributed by atoms with van der Waals surface area (Å²) < 4.78 is 27.7. The molecule has 0 fully saturated rings. The van der Waals surface area contributed by atoms with Gasteiger partial charge in [0.15, 0.2) is 5.43 Å². The van der Waals surface area contributed by atoms with Crippen LogP contribution in [0, 0.1) is 0 Å². The van der Waals surface area contributed by atoms with Gasteiger partial charge in [0.2, 0.25) is 0 Å². The predicted molar refractivity (Wildman–Crippen MR) is 95.8 cm³/mol. The van der Waals surface area contributed by atoms with Crippen molar-refractivity contribution in [2.24, 2.45) is 0 Å². The Morgan fingerprint density at radius 3 is 2.38 bits per heavy atom. The molecule has 3 rings (SSSR count). The Kier molecular flexibility index (Phi) is 4.40. The Hall–Kier alpha value is -2.60. The molecule has 3 aromatic rings. The van der Waals surface area contributed by atoms with Crippen LogP contribution in [0.1, 0.15) is 18.9 Å². The summed E-state index contributed by atoms with van der Waals surface area (Å²) in [6.45, 7) is 1.95. The molecular weight excluding hydrogens is 324 g/mol. The van der Waals surface area contributed by atoms with Crippen molar-refractivity contribution in [2.45, 2.75) is 24.7 Å². The molecule has 2 aromatic carbocycles. The maximum absolute atomic E-state index is 12.7. The lowest BCUT2D eigenvalue weighted by Crippen LogP contribution is -2.20. The molecule has 0 radical (unpaired) electrons. The number of pyridine rings is 1. The predicted octanol–water partition coefficient (Wildman–Crippen LogP) is 3.28. The number of fused-ring (bicyclic) bond motifs is 1. The highest BCUT2D eigenvalue weighted by Gasteiger charge is 2.18. The molecule has 0 spiro atoms. The fourth-order valence-electron chi connectivity index (χ4n) is 2.64. The topological polar surface area (TPSA) is 79.0 Å². The van der Waals surface area contributed by atoms with E-state index >= 15 is 0 Å². The zero-order valence-corrected chi connectivity index (χ0v) is 14.1. The van der Waals surface area contributed by atoms with Gasteiger partial charge in [-0.1, -0.05) is 43.7 Å². The van der Waals surface area contributed by atoms with Crippen molar-refractivity contribution in [1.29, 1.82) is 0 Å². The zero-order chi connectivity index (χ0) is 17.2. The van der Waals surface area contributed by atoms with Crippen LogP contribution >= 0.6 is 0 Å². The molecular formula is C18H18N2O3S. The number of sulfonamides is 1. The Labute approximate surface area is 140 Å². The summed E-state index contributed by atoms with van der Waals surface area (Å²) in [4.78, 5) is 15.9. The molecule has 2 N–H and O–H groups in total. The Balaban J connectivity index is 2.15. The molecule has 1 heterocycles. The number of aromatic nitrogens is 1. The quantitative estimate of drug-likeness (QED) is 0.747. The number of benzene rings is 2. The number of para-hydroxylation sites is 1. The average molecular weight is 342 g/mol. The molecule has 0 aliphatic heterocycles. The van der Waals surface area contributed by atoms with E-state index in [1.54, 1.807) is 42.5 Å². The maximum Gasteiger partial charge on any atom is 0.263 e. The monoisotopic (exact) mass is 342 g/mol. The van der Waals surface area contributed by atoms with Gasteiger partial charge in [-0.3, -0.25) is 9.52 Å². The fraction of sp³-hybridized carbons (Fsp3) is 0.167. The molecule has 0 unspecified atom stereocenters. The van der Waals surface area contributed by atoms with Crippen LogP contribution in [0.3, 0.4) is 0 Å². The van der Waals surface area contributed by atoms with Crippen molar-refractivity contribution >= 4 is 26.7 Å². The standard InChI is InChI=1S/C18H18N2O3S/c1-2-8-15-17(21)14-11-6-7-12-16(14)19-18(15)20-24(22,23)13-9-4-3-5-10-13/h3-7,9-12H,2,8H2,1H3,(H2,19,20,21). The fourth-order valence-corrected chi connectivity index (χ4v) is 3.72. The summed E-state index contributed by atoms with van der Waals surface area (Å²) in [5.74, 6) is 0.240. The largest absolute Gasteiger partial charge is 0.340 e. The van der Waals surface area contributed by atoms with Gasteiger partial charge in [-0.2, -0.15) is 0 Å². The maximum atomic E-state index is 12.7.